The Labute approximate surface area is 94.8 Å². The van der Waals surface area contributed by atoms with Gasteiger partial charge in [0.25, 0.3) is 0 Å². The predicted octanol–water partition coefficient (Wildman–Crippen LogP) is 2.00. The van der Waals surface area contributed by atoms with Crippen molar-refractivity contribution in [3.8, 4) is 0 Å². The smallest absolute Gasteiger partial charge is 0.412 e. The first kappa shape index (κ1) is 11.0. The van der Waals surface area contributed by atoms with E-state index in [0.717, 1.165) is 12.0 Å². The number of likely N-dealkylation sites (tertiary alicyclic amines) is 1. The van der Waals surface area contributed by atoms with Gasteiger partial charge in [0.2, 0.25) is 0 Å². The lowest BCUT2D eigenvalue weighted by Gasteiger charge is -2.38. The Morgan fingerprint density at radius 1 is 1.44 bits per heavy atom. The molecule has 1 atom stereocenters. The molecule has 1 saturated heterocycles. The molecule has 0 radical (unpaired) electrons. The summed E-state index contributed by atoms with van der Waals surface area (Å²) in [5.74, 6) is 0. The van der Waals surface area contributed by atoms with Crippen LogP contribution in [0, 0.1) is 0 Å². The Hall–Kier alpha value is -1.55. The molecule has 4 nitrogen and oxygen atoms in total. The van der Waals surface area contributed by atoms with Gasteiger partial charge < -0.3 is 9.47 Å². The molecule has 1 heterocycles. The molecule has 0 saturated carbocycles. The van der Waals surface area contributed by atoms with Crippen LogP contribution in [0.4, 0.5) is 4.79 Å². The van der Waals surface area contributed by atoms with E-state index in [1.54, 1.807) is 12.0 Å². The van der Waals surface area contributed by atoms with Crippen LogP contribution in [-0.2, 0) is 16.1 Å². The van der Waals surface area contributed by atoms with E-state index in [1.807, 2.05) is 30.3 Å². The SMILES string of the molecule is CO[C@@H]1CCN1C(=O)OCc1ccccc1. The largest absolute Gasteiger partial charge is 0.444 e. The van der Waals surface area contributed by atoms with Crippen molar-refractivity contribution < 1.29 is 14.3 Å². The van der Waals surface area contributed by atoms with Gasteiger partial charge in [-0.05, 0) is 5.56 Å². The molecule has 2 rings (SSSR count). The van der Waals surface area contributed by atoms with Crippen LogP contribution in [0.5, 0.6) is 0 Å². The van der Waals surface area contributed by atoms with Gasteiger partial charge >= 0.3 is 6.09 Å². The molecule has 0 unspecified atom stereocenters. The Balaban J connectivity index is 1.80. The minimum atomic E-state index is -0.304. The molecule has 1 amide bonds. The summed E-state index contributed by atoms with van der Waals surface area (Å²) >= 11 is 0. The third-order valence-corrected chi connectivity index (χ3v) is 2.68. The Kier molecular flexibility index (Phi) is 3.41. The number of rotatable bonds is 3. The van der Waals surface area contributed by atoms with Crippen LogP contribution < -0.4 is 0 Å². The number of ether oxygens (including phenoxy) is 2. The summed E-state index contributed by atoms with van der Waals surface area (Å²) in [6, 6.07) is 9.63. The van der Waals surface area contributed by atoms with Crippen LogP contribution in [0.3, 0.4) is 0 Å². The highest BCUT2D eigenvalue weighted by Gasteiger charge is 2.33. The second-order valence-electron chi connectivity index (χ2n) is 3.71. The monoisotopic (exact) mass is 221 g/mol. The zero-order valence-electron chi connectivity index (χ0n) is 9.26. The average Bonchev–Trinajstić information content (AvgIpc) is 2.27. The van der Waals surface area contributed by atoms with Crippen LogP contribution in [0.25, 0.3) is 0 Å². The van der Waals surface area contributed by atoms with Crippen molar-refractivity contribution in [3.63, 3.8) is 0 Å². The van der Waals surface area contributed by atoms with Crippen molar-refractivity contribution in [3.05, 3.63) is 35.9 Å². The summed E-state index contributed by atoms with van der Waals surface area (Å²) in [5, 5.41) is 0. The maximum atomic E-state index is 11.6. The van der Waals surface area contributed by atoms with Gasteiger partial charge in [-0.2, -0.15) is 0 Å². The highest BCUT2D eigenvalue weighted by molar-refractivity contribution is 5.68. The number of amides is 1. The van der Waals surface area contributed by atoms with E-state index >= 15 is 0 Å². The summed E-state index contributed by atoms with van der Waals surface area (Å²) in [4.78, 5) is 13.2. The van der Waals surface area contributed by atoms with Crippen molar-refractivity contribution in [2.75, 3.05) is 13.7 Å². The first-order chi connectivity index (χ1) is 7.81. The fourth-order valence-electron chi connectivity index (χ4n) is 1.62. The lowest BCUT2D eigenvalue weighted by molar-refractivity contribution is -0.0893. The van der Waals surface area contributed by atoms with Gasteiger partial charge in [-0.25, -0.2) is 4.79 Å². The van der Waals surface area contributed by atoms with E-state index < -0.39 is 0 Å². The van der Waals surface area contributed by atoms with E-state index in [0.29, 0.717) is 13.2 Å². The standard InChI is InChI=1S/C12H15NO3/c1-15-11-7-8-13(11)12(14)16-9-10-5-3-2-4-6-10/h2-6,11H,7-9H2,1H3/t11-/m1/s1. The van der Waals surface area contributed by atoms with Gasteiger partial charge in [0.05, 0.1) is 0 Å². The van der Waals surface area contributed by atoms with Gasteiger partial charge in [-0.3, -0.25) is 4.90 Å². The second kappa shape index (κ2) is 4.99. The highest BCUT2D eigenvalue weighted by atomic mass is 16.6. The van der Waals surface area contributed by atoms with Crippen molar-refractivity contribution >= 4 is 6.09 Å². The lowest BCUT2D eigenvalue weighted by atomic mass is 10.2. The molecule has 16 heavy (non-hydrogen) atoms. The Morgan fingerprint density at radius 2 is 2.19 bits per heavy atom. The first-order valence-corrected chi connectivity index (χ1v) is 5.31. The van der Waals surface area contributed by atoms with Crippen molar-refractivity contribution in [2.45, 2.75) is 19.3 Å². The number of hydrogen-bond donors (Lipinski definition) is 0. The quantitative estimate of drug-likeness (QED) is 0.783. The number of nitrogens with zero attached hydrogens (tertiary/aromatic N) is 1. The zero-order chi connectivity index (χ0) is 11.4. The number of hydrogen-bond acceptors (Lipinski definition) is 3. The molecule has 0 spiro atoms. The van der Waals surface area contributed by atoms with E-state index in [9.17, 15) is 4.79 Å². The lowest BCUT2D eigenvalue weighted by Crippen LogP contribution is -2.52. The molecule has 0 aromatic heterocycles. The maximum absolute atomic E-state index is 11.6. The van der Waals surface area contributed by atoms with Gasteiger partial charge in [0.1, 0.15) is 12.8 Å². The molecular formula is C12H15NO3. The normalized spacial score (nSPS) is 19.1. The minimum absolute atomic E-state index is 0.108. The van der Waals surface area contributed by atoms with Crippen molar-refractivity contribution in [1.29, 1.82) is 0 Å². The summed E-state index contributed by atoms with van der Waals surface area (Å²) in [6.45, 7) is 1.03. The summed E-state index contributed by atoms with van der Waals surface area (Å²) in [6.07, 6.45) is 0.474. The Bertz CT molecular complexity index is 351. The average molecular weight is 221 g/mol. The van der Waals surface area contributed by atoms with Crippen LogP contribution in [0.15, 0.2) is 30.3 Å². The summed E-state index contributed by atoms with van der Waals surface area (Å²) < 4.78 is 10.3. The topological polar surface area (TPSA) is 38.8 Å². The molecule has 1 aliphatic rings. The molecule has 1 aromatic carbocycles. The minimum Gasteiger partial charge on any atom is -0.444 e. The van der Waals surface area contributed by atoms with Crippen LogP contribution in [0.1, 0.15) is 12.0 Å². The van der Waals surface area contributed by atoms with Gasteiger partial charge in [-0.15, -0.1) is 0 Å². The van der Waals surface area contributed by atoms with Crippen LogP contribution >= 0.6 is 0 Å². The molecular weight excluding hydrogens is 206 g/mol. The summed E-state index contributed by atoms with van der Waals surface area (Å²) in [5.41, 5.74) is 0.991. The molecule has 4 heteroatoms. The molecule has 0 N–H and O–H groups in total. The number of methoxy groups -OCH3 is 1. The first-order valence-electron chi connectivity index (χ1n) is 5.31. The molecule has 1 aliphatic heterocycles. The predicted molar refractivity (Wildman–Crippen MR) is 58.7 cm³/mol. The molecule has 1 fully saturated rings. The zero-order valence-corrected chi connectivity index (χ0v) is 9.26. The van der Waals surface area contributed by atoms with Crippen LogP contribution in [-0.4, -0.2) is 30.9 Å². The second-order valence-corrected chi connectivity index (χ2v) is 3.71. The molecule has 86 valence electrons. The van der Waals surface area contributed by atoms with E-state index in [-0.39, 0.29) is 12.3 Å². The van der Waals surface area contributed by atoms with Crippen molar-refractivity contribution in [2.24, 2.45) is 0 Å². The van der Waals surface area contributed by atoms with Gasteiger partial charge in [0, 0.05) is 20.1 Å². The molecule has 1 aromatic rings. The van der Waals surface area contributed by atoms with Gasteiger partial charge in [0.15, 0.2) is 0 Å². The molecule has 0 bridgehead atoms. The fourth-order valence-corrected chi connectivity index (χ4v) is 1.62. The van der Waals surface area contributed by atoms with Gasteiger partial charge in [-0.1, -0.05) is 30.3 Å². The van der Waals surface area contributed by atoms with E-state index in [2.05, 4.69) is 0 Å². The number of carbonyl (C=O) groups excluding carboxylic acids is 1. The van der Waals surface area contributed by atoms with E-state index in [1.165, 1.54) is 0 Å². The van der Waals surface area contributed by atoms with Crippen LogP contribution in [0.2, 0.25) is 0 Å². The molecule has 0 aliphatic carbocycles. The van der Waals surface area contributed by atoms with Crippen molar-refractivity contribution in [1.82, 2.24) is 4.90 Å². The number of benzene rings is 1. The summed E-state index contributed by atoms with van der Waals surface area (Å²) in [7, 11) is 1.60. The maximum Gasteiger partial charge on any atom is 0.412 e. The Morgan fingerprint density at radius 3 is 2.75 bits per heavy atom. The fraction of sp³-hybridized carbons (Fsp3) is 0.417. The third-order valence-electron chi connectivity index (χ3n) is 2.68. The van der Waals surface area contributed by atoms with E-state index in [4.69, 9.17) is 9.47 Å². The number of carbonyl (C=O) groups is 1. The highest BCUT2D eigenvalue weighted by Crippen LogP contribution is 2.19. The third kappa shape index (κ3) is 2.33.